The molecule has 2 aliphatic rings. The Labute approximate surface area is 149 Å². The first kappa shape index (κ1) is 16.4. The second-order valence-electron chi connectivity index (χ2n) is 7.05. The molecule has 2 aliphatic heterocycles. The van der Waals surface area contributed by atoms with E-state index in [4.69, 9.17) is 9.47 Å². The molecule has 2 bridgehead atoms. The van der Waals surface area contributed by atoms with E-state index in [0.717, 1.165) is 31.9 Å². The fourth-order valence-electron chi connectivity index (χ4n) is 3.97. The maximum Gasteiger partial charge on any atom is 0.119 e. The molecular weight excluding hydrogens is 310 g/mol. The van der Waals surface area contributed by atoms with Gasteiger partial charge in [-0.1, -0.05) is 42.5 Å². The molecule has 0 aromatic heterocycles. The molecule has 2 aromatic carbocycles. The summed E-state index contributed by atoms with van der Waals surface area (Å²) in [6.45, 7) is 4.70. The van der Waals surface area contributed by atoms with Gasteiger partial charge in [-0.15, -0.1) is 0 Å². The quantitative estimate of drug-likeness (QED) is 0.841. The monoisotopic (exact) mass is 335 g/mol. The highest BCUT2D eigenvalue weighted by Gasteiger charge is 2.34. The van der Waals surface area contributed by atoms with Crippen molar-refractivity contribution in [3.63, 3.8) is 0 Å². The van der Waals surface area contributed by atoms with Crippen LogP contribution in [-0.4, -0.2) is 37.3 Å². The summed E-state index contributed by atoms with van der Waals surface area (Å²) in [7, 11) is 1.73. The van der Waals surface area contributed by atoms with E-state index >= 15 is 0 Å². The third-order valence-electron chi connectivity index (χ3n) is 5.21. The first-order valence-corrected chi connectivity index (χ1v) is 8.97. The third-order valence-corrected chi connectivity index (χ3v) is 5.21. The summed E-state index contributed by atoms with van der Waals surface area (Å²) in [6.07, 6.45) is 3.42. The molecule has 3 nitrogen and oxygen atoms in total. The number of fused-ring (bicyclic) bond motifs is 2. The zero-order chi connectivity index (χ0) is 17.2. The van der Waals surface area contributed by atoms with Gasteiger partial charge in [0.15, 0.2) is 0 Å². The van der Waals surface area contributed by atoms with Crippen LogP contribution in [0.25, 0.3) is 5.57 Å². The molecule has 0 saturated carbocycles. The lowest BCUT2D eigenvalue weighted by molar-refractivity contribution is -0.0402. The smallest absolute Gasteiger partial charge is 0.119 e. The van der Waals surface area contributed by atoms with E-state index in [-0.39, 0.29) is 0 Å². The van der Waals surface area contributed by atoms with Gasteiger partial charge in [0.05, 0.1) is 26.4 Å². The summed E-state index contributed by atoms with van der Waals surface area (Å²) < 4.78 is 11.3. The van der Waals surface area contributed by atoms with E-state index in [0.29, 0.717) is 12.1 Å². The molecule has 0 aliphatic carbocycles. The molecule has 0 amide bonds. The maximum absolute atomic E-state index is 5.85. The summed E-state index contributed by atoms with van der Waals surface area (Å²) in [5, 5.41) is 0. The van der Waals surface area contributed by atoms with Gasteiger partial charge in [-0.25, -0.2) is 0 Å². The summed E-state index contributed by atoms with van der Waals surface area (Å²) in [5.74, 6) is 0.934. The van der Waals surface area contributed by atoms with Gasteiger partial charge in [0.25, 0.3) is 0 Å². The molecule has 130 valence electrons. The van der Waals surface area contributed by atoms with Crippen molar-refractivity contribution in [3.8, 4) is 5.75 Å². The van der Waals surface area contributed by atoms with E-state index in [2.05, 4.69) is 66.4 Å². The molecule has 25 heavy (non-hydrogen) atoms. The Morgan fingerprint density at radius 1 is 1.12 bits per heavy atom. The largest absolute Gasteiger partial charge is 0.497 e. The van der Waals surface area contributed by atoms with Crippen LogP contribution in [0, 0.1) is 6.92 Å². The number of hydrogen-bond donors (Lipinski definition) is 0. The summed E-state index contributed by atoms with van der Waals surface area (Å²) in [5.41, 5.74) is 5.31. The minimum atomic E-state index is 0.342. The predicted molar refractivity (Wildman–Crippen MR) is 101 cm³/mol. The molecule has 0 spiro atoms. The van der Waals surface area contributed by atoms with Crippen LogP contribution in [0.1, 0.15) is 23.1 Å². The van der Waals surface area contributed by atoms with E-state index in [1.165, 1.54) is 22.3 Å². The third kappa shape index (κ3) is 3.48. The van der Waals surface area contributed by atoms with Crippen LogP contribution in [0.5, 0.6) is 5.75 Å². The molecule has 3 heteroatoms. The molecule has 1 fully saturated rings. The highest BCUT2D eigenvalue weighted by molar-refractivity contribution is 5.69. The van der Waals surface area contributed by atoms with Gasteiger partial charge >= 0.3 is 0 Å². The number of rotatable bonds is 4. The highest BCUT2D eigenvalue weighted by atomic mass is 16.5. The number of benzene rings is 2. The van der Waals surface area contributed by atoms with Crippen molar-refractivity contribution in [1.29, 1.82) is 0 Å². The van der Waals surface area contributed by atoms with Crippen LogP contribution in [0.2, 0.25) is 0 Å². The van der Waals surface area contributed by atoms with Gasteiger partial charge in [-0.05, 0) is 47.7 Å². The second kappa shape index (κ2) is 7.03. The van der Waals surface area contributed by atoms with Crippen molar-refractivity contribution in [2.45, 2.75) is 32.0 Å². The van der Waals surface area contributed by atoms with Crippen molar-refractivity contribution in [2.75, 3.05) is 20.3 Å². The second-order valence-corrected chi connectivity index (χ2v) is 7.05. The number of aryl methyl sites for hydroxylation is 1. The van der Waals surface area contributed by atoms with Crippen LogP contribution in [0.15, 0.2) is 54.6 Å². The zero-order valence-electron chi connectivity index (χ0n) is 14.9. The minimum absolute atomic E-state index is 0.342. The van der Waals surface area contributed by atoms with Crippen LogP contribution in [0.3, 0.4) is 0 Å². The maximum atomic E-state index is 5.85. The predicted octanol–water partition coefficient (Wildman–Crippen LogP) is 4.06. The Bertz CT molecular complexity index is 769. The summed E-state index contributed by atoms with van der Waals surface area (Å²) in [6, 6.07) is 18.0. The Balaban J connectivity index is 1.62. The Morgan fingerprint density at radius 3 is 2.72 bits per heavy atom. The molecule has 1 saturated heterocycles. The molecule has 0 N–H and O–H groups in total. The first-order valence-electron chi connectivity index (χ1n) is 8.97. The van der Waals surface area contributed by atoms with Crippen molar-refractivity contribution in [3.05, 3.63) is 71.3 Å². The number of hydrogen-bond acceptors (Lipinski definition) is 3. The first-order chi connectivity index (χ1) is 12.2. The normalized spacial score (nSPS) is 23.2. The lowest BCUT2D eigenvalue weighted by atomic mass is 9.88. The fraction of sp³-hybridized carbons (Fsp3) is 0.364. The number of methoxy groups -OCH3 is 1. The molecule has 2 unspecified atom stereocenters. The summed E-state index contributed by atoms with van der Waals surface area (Å²) >= 11 is 0. The van der Waals surface area contributed by atoms with Gasteiger partial charge in [-0.2, -0.15) is 0 Å². The van der Waals surface area contributed by atoms with Crippen molar-refractivity contribution in [2.24, 2.45) is 0 Å². The molecule has 4 rings (SSSR count). The van der Waals surface area contributed by atoms with Gasteiger partial charge < -0.3 is 9.47 Å². The van der Waals surface area contributed by atoms with E-state index in [1.54, 1.807) is 7.11 Å². The van der Waals surface area contributed by atoms with Crippen molar-refractivity contribution >= 4 is 5.57 Å². The number of ether oxygens (including phenoxy) is 2. The van der Waals surface area contributed by atoms with Gasteiger partial charge in [-0.3, -0.25) is 4.90 Å². The standard InChI is InChI=1S/C22H25NO2/c1-16-8-18(12-22(9-16)24-2)19-10-20-14-25-15-21(11-19)23(20)13-17-6-4-3-5-7-17/h3-10,12,20-21H,11,13-15H2,1-2H3. The number of morpholine rings is 1. The van der Waals surface area contributed by atoms with E-state index < -0.39 is 0 Å². The highest BCUT2D eigenvalue weighted by Crippen LogP contribution is 2.35. The SMILES string of the molecule is COc1cc(C)cc(C2=CC3COCC(C2)N3Cc2ccccc2)c1. The van der Waals surface area contributed by atoms with Crippen LogP contribution in [-0.2, 0) is 11.3 Å². The van der Waals surface area contributed by atoms with E-state index in [9.17, 15) is 0 Å². The zero-order valence-corrected chi connectivity index (χ0v) is 14.9. The van der Waals surface area contributed by atoms with E-state index in [1.807, 2.05) is 0 Å². The molecule has 0 radical (unpaired) electrons. The average molecular weight is 335 g/mol. The molecule has 2 heterocycles. The Kier molecular flexibility index (Phi) is 4.60. The lowest BCUT2D eigenvalue weighted by Crippen LogP contribution is -2.53. The Hall–Kier alpha value is -2.10. The average Bonchev–Trinajstić information content (AvgIpc) is 2.61. The molecule has 2 aromatic rings. The molecule has 2 atom stereocenters. The van der Waals surface area contributed by atoms with Crippen LogP contribution in [0.4, 0.5) is 0 Å². The minimum Gasteiger partial charge on any atom is -0.497 e. The Morgan fingerprint density at radius 2 is 1.96 bits per heavy atom. The van der Waals surface area contributed by atoms with Crippen LogP contribution >= 0.6 is 0 Å². The summed E-state index contributed by atoms with van der Waals surface area (Å²) in [4.78, 5) is 2.59. The van der Waals surface area contributed by atoms with Crippen molar-refractivity contribution < 1.29 is 9.47 Å². The van der Waals surface area contributed by atoms with Crippen LogP contribution < -0.4 is 4.74 Å². The molecular formula is C22H25NO2. The topological polar surface area (TPSA) is 21.7 Å². The van der Waals surface area contributed by atoms with Crippen molar-refractivity contribution in [1.82, 2.24) is 4.90 Å². The lowest BCUT2D eigenvalue weighted by Gasteiger charge is -2.45. The number of nitrogens with zero attached hydrogens (tertiary/aromatic N) is 1. The van der Waals surface area contributed by atoms with Gasteiger partial charge in [0.1, 0.15) is 5.75 Å². The van der Waals surface area contributed by atoms with Gasteiger partial charge in [0.2, 0.25) is 0 Å². The van der Waals surface area contributed by atoms with Gasteiger partial charge in [0, 0.05) is 12.6 Å². The fourth-order valence-corrected chi connectivity index (χ4v) is 3.97.